The minimum absolute atomic E-state index is 0.0373. The van der Waals surface area contributed by atoms with Crippen LogP contribution in [0.1, 0.15) is 32.9 Å². The summed E-state index contributed by atoms with van der Waals surface area (Å²) in [6, 6.07) is 19.6. The average Bonchev–Trinajstić information content (AvgIpc) is 3.50. The van der Waals surface area contributed by atoms with Crippen LogP contribution in [0.5, 0.6) is 0 Å². The number of amides is 1. The van der Waals surface area contributed by atoms with Gasteiger partial charge in [0.2, 0.25) is 5.16 Å². The van der Waals surface area contributed by atoms with Gasteiger partial charge in [-0.05, 0) is 43.7 Å². The van der Waals surface area contributed by atoms with E-state index in [9.17, 15) is 4.79 Å². The number of hydrogen-bond acceptors (Lipinski definition) is 6. The van der Waals surface area contributed by atoms with Crippen molar-refractivity contribution in [2.24, 2.45) is 0 Å². The lowest BCUT2D eigenvalue weighted by Gasteiger charge is -2.18. The lowest BCUT2D eigenvalue weighted by atomic mass is 10.1. The quantitative estimate of drug-likeness (QED) is 0.317. The summed E-state index contributed by atoms with van der Waals surface area (Å²) in [6.45, 7) is 4.39. The van der Waals surface area contributed by atoms with Crippen molar-refractivity contribution in [2.45, 2.75) is 31.3 Å². The molecule has 5 rings (SSSR count). The summed E-state index contributed by atoms with van der Waals surface area (Å²) >= 11 is 1.49. The number of carbonyl (C=O) groups excluding carboxylic acids is 1. The second-order valence-electron chi connectivity index (χ2n) is 8.38. The van der Waals surface area contributed by atoms with Gasteiger partial charge in [-0.25, -0.2) is 14.2 Å². The zero-order valence-corrected chi connectivity index (χ0v) is 20.6. The van der Waals surface area contributed by atoms with Crippen LogP contribution in [0.2, 0.25) is 0 Å². The van der Waals surface area contributed by atoms with Crippen LogP contribution in [0.25, 0.3) is 11.5 Å². The van der Waals surface area contributed by atoms with Crippen molar-refractivity contribution in [3.63, 3.8) is 0 Å². The minimum Gasteiger partial charge on any atom is -0.337 e. The number of para-hydroxylation sites is 1. The maximum atomic E-state index is 13.3. The van der Waals surface area contributed by atoms with Crippen LogP contribution in [0.4, 0.5) is 0 Å². The molecule has 0 aliphatic rings. The van der Waals surface area contributed by atoms with Gasteiger partial charge in [0.25, 0.3) is 11.7 Å². The molecule has 1 amide bonds. The average molecular weight is 484 g/mol. The van der Waals surface area contributed by atoms with Crippen molar-refractivity contribution in [1.29, 1.82) is 0 Å². The fourth-order valence-corrected chi connectivity index (χ4v) is 4.74. The zero-order chi connectivity index (χ0) is 24.4. The summed E-state index contributed by atoms with van der Waals surface area (Å²) in [7, 11) is 1.81. The van der Waals surface area contributed by atoms with Gasteiger partial charge in [-0.1, -0.05) is 48.2 Å². The molecule has 3 aromatic heterocycles. The molecule has 0 radical (unpaired) electrons. The van der Waals surface area contributed by atoms with E-state index in [1.165, 1.54) is 11.8 Å². The molecular formula is C26H25N7OS. The fourth-order valence-electron chi connectivity index (χ4n) is 3.92. The van der Waals surface area contributed by atoms with Gasteiger partial charge in [-0.15, -0.1) is 5.10 Å². The van der Waals surface area contributed by atoms with E-state index in [-0.39, 0.29) is 5.91 Å². The Hall–Kier alpha value is -3.98. The molecule has 0 unspecified atom stereocenters. The molecule has 0 atom stereocenters. The summed E-state index contributed by atoms with van der Waals surface area (Å²) < 4.78 is 3.56. The van der Waals surface area contributed by atoms with E-state index in [0.717, 1.165) is 28.2 Å². The smallest absolute Gasteiger partial charge is 0.254 e. The number of rotatable bonds is 7. The van der Waals surface area contributed by atoms with Crippen LogP contribution >= 0.6 is 11.8 Å². The van der Waals surface area contributed by atoms with Crippen LogP contribution < -0.4 is 0 Å². The Bertz CT molecular complexity index is 1490. The van der Waals surface area contributed by atoms with Crippen molar-refractivity contribution in [1.82, 2.24) is 34.3 Å². The van der Waals surface area contributed by atoms with Gasteiger partial charge in [-0.2, -0.15) is 10.1 Å². The molecular weight excluding hydrogens is 458 g/mol. The number of hydrogen-bond donors (Lipinski definition) is 0. The Labute approximate surface area is 207 Å². The highest BCUT2D eigenvalue weighted by Crippen LogP contribution is 2.24. The van der Waals surface area contributed by atoms with Crippen LogP contribution in [-0.4, -0.2) is 47.2 Å². The van der Waals surface area contributed by atoms with E-state index in [0.29, 0.717) is 28.8 Å². The van der Waals surface area contributed by atoms with Gasteiger partial charge in [0.15, 0.2) is 0 Å². The molecule has 5 aromatic rings. The number of nitrogens with zero attached hydrogens (tertiary/aromatic N) is 7. The first-order valence-electron chi connectivity index (χ1n) is 11.2. The number of aromatic nitrogens is 6. The van der Waals surface area contributed by atoms with E-state index in [1.807, 2.05) is 92.4 Å². The number of carbonyl (C=O) groups is 1. The molecule has 3 heterocycles. The Morgan fingerprint density at radius 3 is 2.63 bits per heavy atom. The van der Waals surface area contributed by atoms with Crippen molar-refractivity contribution in [3.05, 3.63) is 101 Å². The van der Waals surface area contributed by atoms with E-state index in [4.69, 9.17) is 0 Å². The number of fused-ring (bicyclic) bond motifs is 1. The second-order valence-corrected chi connectivity index (χ2v) is 9.32. The molecule has 0 saturated heterocycles. The Morgan fingerprint density at radius 1 is 1.03 bits per heavy atom. The van der Waals surface area contributed by atoms with E-state index in [2.05, 4.69) is 20.2 Å². The standard InChI is InChI=1S/C26H25N7OS/c1-18-13-19(2)33-25(28-18)29-26(30-33)35-17-21-9-7-8-12-23(21)24(34)31(3)15-20-14-27-32(16-20)22-10-5-4-6-11-22/h4-14,16H,15,17H2,1-3H3. The molecule has 0 bridgehead atoms. The topological polar surface area (TPSA) is 81.2 Å². The van der Waals surface area contributed by atoms with Gasteiger partial charge in [0.1, 0.15) is 0 Å². The summed E-state index contributed by atoms with van der Waals surface area (Å²) in [4.78, 5) is 24.0. The summed E-state index contributed by atoms with van der Waals surface area (Å²) in [5, 5.41) is 9.63. The van der Waals surface area contributed by atoms with E-state index >= 15 is 0 Å². The first-order chi connectivity index (χ1) is 17.0. The largest absolute Gasteiger partial charge is 0.337 e. The van der Waals surface area contributed by atoms with Crippen molar-refractivity contribution < 1.29 is 4.79 Å². The molecule has 0 N–H and O–H groups in total. The third-order valence-corrected chi connectivity index (χ3v) is 6.51. The molecule has 8 nitrogen and oxygen atoms in total. The highest BCUT2D eigenvalue weighted by atomic mass is 32.2. The Morgan fingerprint density at radius 2 is 1.80 bits per heavy atom. The lowest BCUT2D eigenvalue weighted by molar-refractivity contribution is 0.0784. The first-order valence-corrected chi connectivity index (χ1v) is 12.2. The molecule has 0 fully saturated rings. The lowest BCUT2D eigenvalue weighted by Crippen LogP contribution is -2.27. The maximum absolute atomic E-state index is 13.3. The number of benzene rings is 2. The molecule has 2 aromatic carbocycles. The Balaban J connectivity index is 1.29. The van der Waals surface area contributed by atoms with Gasteiger partial charge < -0.3 is 4.90 Å². The highest BCUT2D eigenvalue weighted by Gasteiger charge is 2.17. The van der Waals surface area contributed by atoms with Crippen LogP contribution in [-0.2, 0) is 12.3 Å². The molecule has 0 saturated carbocycles. The van der Waals surface area contributed by atoms with Crippen molar-refractivity contribution in [2.75, 3.05) is 7.05 Å². The maximum Gasteiger partial charge on any atom is 0.254 e. The monoisotopic (exact) mass is 483 g/mol. The molecule has 0 aliphatic heterocycles. The molecule has 0 spiro atoms. The number of aryl methyl sites for hydroxylation is 2. The summed E-state index contributed by atoms with van der Waals surface area (Å²) in [6.07, 6.45) is 3.75. The van der Waals surface area contributed by atoms with Gasteiger partial charge in [-0.3, -0.25) is 4.79 Å². The molecule has 0 aliphatic carbocycles. The van der Waals surface area contributed by atoms with E-state index < -0.39 is 0 Å². The van der Waals surface area contributed by atoms with E-state index in [1.54, 1.807) is 15.6 Å². The van der Waals surface area contributed by atoms with Crippen LogP contribution in [0, 0.1) is 13.8 Å². The first kappa shape index (κ1) is 22.8. The molecule has 176 valence electrons. The van der Waals surface area contributed by atoms with Crippen LogP contribution in [0.15, 0.2) is 78.2 Å². The highest BCUT2D eigenvalue weighted by molar-refractivity contribution is 7.98. The fraction of sp³-hybridized carbons (Fsp3) is 0.192. The molecule has 35 heavy (non-hydrogen) atoms. The second kappa shape index (κ2) is 9.71. The predicted molar refractivity (Wildman–Crippen MR) is 136 cm³/mol. The van der Waals surface area contributed by atoms with Gasteiger partial charge in [0.05, 0.1) is 11.9 Å². The van der Waals surface area contributed by atoms with Crippen LogP contribution in [0.3, 0.4) is 0 Å². The summed E-state index contributed by atoms with van der Waals surface area (Å²) in [5.41, 5.74) is 5.45. The predicted octanol–water partition coefficient (Wildman–Crippen LogP) is 4.49. The third-order valence-electron chi connectivity index (χ3n) is 5.63. The SMILES string of the molecule is Cc1cc(C)n2nc(SCc3ccccc3C(=O)N(C)Cc3cnn(-c4ccccc4)c3)nc2n1. The molecule has 9 heteroatoms. The third kappa shape index (κ3) is 4.95. The summed E-state index contributed by atoms with van der Waals surface area (Å²) in [5.74, 6) is 1.13. The number of thioether (sulfide) groups is 1. The van der Waals surface area contributed by atoms with Gasteiger partial charge in [0, 0.05) is 48.1 Å². The Kier molecular flexibility index (Phi) is 6.33. The minimum atomic E-state index is -0.0373. The van der Waals surface area contributed by atoms with Crippen molar-refractivity contribution in [3.8, 4) is 5.69 Å². The normalized spacial score (nSPS) is 11.2. The van der Waals surface area contributed by atoms with Crippen molar-refractivity contribution >= 4 is 23.4 Å². The zero-order valence-electron chi connectivity index (χ0n) is 19.8. The van der Waals surface area contributed by atoms with Gasteiger partial charge >= 0.3 is 0 Å².